The van der Waals surface area contributed by atoms with Crippen molar-refractivity contribution in [2.24, 2.45) is 11.3 Å². The van der Waals surface area contributed by atoms with Crippen LogP contribution in [-0.4, -0.2) is 36.7 Å². The number of carboxylic acid groups (broad SMARTS) is 1. The van der Waals surface area contributed by atoms with Crippen LogP contribution in [0.4, 0.5) is 0 Å². The van der Waals surface area contributed by atoms with Gasteiger partial charge in [-0.05, 0) is 12.3 Å². The van der Waals surface area contributed by atoms with E-state index in [-0.39, 0.29) is 25.0 Å². The van der Waals surface area contributed by atoms with Crippen molar-refractivity contribution in [2.45, 2.75) is 26.7 Å². The predicted octanol–water partition coefficient (Wildman–Crippen LogP) is 0.640. The number of aliphatic carboxylic acids is 1. The molecule has 1 rings (SSSR count). The summed E-state index contributed by atoms with van der Waals surface area (Å²) in [7, 11) is 0. The van der Waals surface area contributed by atoms with Gasteiger partial charge >= 0.3 is 5.97 Å². The Kier molecular flexibility index (Phi) is 4.29. The molecule has 1 amide bonds. The molecule has 0 radical (unpaired) electrons. The average molecular weight is 229 g/mol. The molecule has 1 atom stereocenters. The quantitative estimate of drug-likeness (QED) is 0.725. The fourth-order valence-corrected chi connectivity index (χ4v) is 1.70. The molecule has 0 aromatic heterocycles. The van der Waals surface area contributed by atoms with E-state index in [0.717, 1.165) is 0 Å². The topological polar surface area (TPSA) is 75.6 Å². The van der Waals surface area contributed by atoms with Crippen LogP contribution < -0.4 is 5.32 Å². The Morgan fingerprint density at radius 3 is 2.62 bits per heavy atom. The van der Waals surface area contributed by atoms with Crippen LogP contribution in [0.3, 0.4) is 0 Å². The molecule has 1 unspecified atom stereocenters. The highest BCUT2D eigenvalue weighted by Gasteiger charge is 2.42. The SMILES string of the molecule is CC(C)CC(=O)NCC1(C(=O)O)CCOC1. The number of amides is 1. The van der Waals surface area contributed by atoms with Gasteiger partial charge in [-0.2, -0.15) is 0 Å². The Morgan fingerprint density at radius 1 is 1.50 bits per heavy atom. The first-order chi connectivity index (χ1) is 7.46. The number of carbonyl (C=O) groups excluding carboxylic acids is 1. The van der Waals surface area contributed by atoms with E-state index in [4.69, 9.17) is 9.84 Å². The van der Waals surface area contributed by atoms with Gasteiger partial charge in [0.05, 0.1) is 6.61 Å². The molecule has 0 spiro atoms. The summed E-state index contributed by atoms with van der Waals surface area (Å²) < 4.78 is 5.10. The number of rotatable bonds is 5. The van der Waals surface area contributed by atoms with E-state index in [1.165, 1.54) is 0 Å². The fraction of sp³-hybridized carbons (Fsp3) is 0.818. The maximum Gasteiger partial charge on any atom is 0.313 e. The highest BCUT2D eigenvalue weighted by molar-refractivity contribution is 5.79. The first kappa shape index (κ1) is 13.0. The van der Waals surface area contributed by atoms with Crippen molar-refractivity contribution < 1.29 is 19.4 Å². The molecular weight excluding hydrogens is 210 g/mol. The molecule has 0 bridgehead atoms. The van der Waals surface area contributed by atoms with E-state index in [1.807, 2.05) is 13.8 Å². The van der Waals surface area contributed by atoms with Crippen LogP contribution in [0.15, 0.2) is 0 Å². The van der Waals surface area contributed by atoms with Crippen molar-refractivity contribution in [3.8, 4) is 0 Å². The first-order valence-corrected chi connectivity index (χ1v) is 5.54. The molecule has 0 aromatic rings. The van der Waals surface area contributed by atoms with Crippen molar-refractivity contribution in [2.75, 3.05) is 19.8 Å². The van der Waals surface area contributed by atoms with Gasteiger partial charge in [0, 0.05) is 19.6 Å². The third-order valence-corrected chi connectivity index (χ3v) is 2.77. The summed E-state index contributed by atoms with van der Waals surface area (Å²) >= 11 is 0. The Bertz CT molecular complexity index is 269. The second-order valence-corrected chi connectivity index (χ2v) is 4.76. The van der Waals surface area contributed by atoms with Crippen LogP contribution >= 0.6 is 0 Å². The number of hydrogen-bond acceptors (Lipinski definition) is 3. The van der Waals surface area contributed by atoms with E-state index in [9.17, 15) is 9.59 Å². The maximum atomic E-state index is 11.4. The van der Waals surface area contributed by atoms with Gasteiger partial charge in [0.1, 0.15) is 5.41 Å². The monoisotopic (exact) mass is 229 g/mol. The zero-order valence-electron chi connectivity index (χ0n) is 9.78. The summed E-state index contributed by atoms with van der Waals surface area (Å²) in [5.74, 6) is -0.710. The molecule has 0 aromatic carbocycles. The molecule has 1 fully saturated rings. The maximum absolute atomic E-state index is 11.4. The first-order valence-electron chi connectivity index (χ1n) is 5.54. The van der Waals surface area contributed by atoms with E-state index < -0.39 is 11.4 Å². The molecule has 0 saturated carbocycles. The smallest absolute Gasteiger partial charge is 0.313 e. The summed E-state index contributed by atoms with van der Waals surface area (Å²) in [6.45, 7) is 4.70. The number of hydrogen-bond donors (Lipinski definition) is 2. The summed E-state index contributed by atoms with van der Waals surface area (Å²) in [6.07, 6.45) is 0.890. The summed E-state index contributed by atoms with van der Waals surface area (Å²) in [4.78, 5) is 22.6. The molecule has 92 valence electrons. The lowest BCUT2D eigenvalue weighted by molar-refractivity contribution is -0.148. The molecule has 5 heteroatoms. The Labute approximate surface area is 95.2 Å². The predicted molar refractivity (Wildman–Crippen MR) is 58.0 cm³/mol. The molecule has 1 aliphatic heterocycles. The number of ether oxygens (including phenoxy) is 1. The minimum atomic E-state index is -0.924. The zero-order chi connectivity index (χ0) is 12.2. The molecular formula is C11H19NO4. The van der Waals surface area contributed by atoms with Gasteiger partial charge in [-0.15, -0.1) is 0 Å². The van der Waals surface area contributed by atoms with Gasteiger partial charge in [0.2, 0.25) is 5.91 Å². The third kappa shape index (κ3) is 3.20. The highest BCUT2D eigenvalue weighted by atomic mass is 16.5. The highest BCUT2D eigenvalue weighted by Crippen LogP contribution is 2.28. The van der Waals surface area contributed by atoms with Gasteiger partial charge < -0.3 is 15.2 Å². The molecule has 16 heavy (non-hydrogen) atoms. The minimum absolute atomic E-state index is 0.0949. The van der Waals surface area contributed by atoms with Gasteiger partial charge in [0.25, 0.3) is 0 Å². The Morgan fingerprint density at radius 2 is 2.19 bits per heavy atom. The standard InChI is InChI=1S/C11H19NO4/c1-8(2)5-9(13)12-6-11(10(14)15)3-4-16-7-11/h8H,3-7H2,1-2H3,(H,12,13)(H,14,15). The van der Waals surface area contributed by atoms with Crippen LogP contribution in [0, 0.1) is 11.3 Å². The molecule has 0 aliphatic carbocycles. The number of nitrogens with one attached hydrogen (secondary N) is 1. The van der Waals surface area contributed by atoms with Crippen LogP contribution in [0.25, 0.3) is 0 Å². The second kappa shape index (κ2) is 5.30. The van der Waals surface area contributed by atoms with Crippen LogP contribution in [0.1, 0.15) is 26.7 Å². The summed E-state index contributed by atoms with van der Waals surface area (Å²) in [6, 6.07) is 0. The van der Waals surface area contributed by atoms with Gasteiger partial charge in [0.15, 0.2) is 0 Å². The molecule has 5 nitrogen and oxygen atoms in total. The minimum Gasteiger partial charge on any atom is -0.481 e. The van der Waals surface area contributed by atoms with Crippen molar-refractivity contribution in [3.63, 3.8) is 0 Å². The molecule has 1 saturated heterocycles. The third-order valence-electron chi connectivity index (χ3n) is 2.77. The van der Waals surface area contributed by atoms with Crippen molar-refractivity contribution in [1.82, 2.24) is 5.32 Å². The van der Waals surface area contributed by atoms with E-state index in [0.29, 0.717) is 19.4 Å². The lowest BCUT2D eigenvalue weighted by Crippen LogP contribution is -2.43. The van der Waals surface area contributed by atoms with Gasteiger partial charge in [-0.25, -0.2) is 0 Å². The van der Waals surface area contributed by atoms with Crippen LogP contribution in [0.2, 0.25) is 0 Å². The van der Waals surface area contributed by atoms with Gasteiger partial charge in [-0.1, -0.05) is 13.8 Å². The number of carbonyl (C=O) groups is 2. The van der Waals surface area contributed by atoms with Gasteiger partial charge in [-0.3, -0.25) is 9.59 Å². The molecule has 2 N–H and O–H groups in total. The Balaban J connectivity index is 2.45. The zero-order valence-corrected chi connectivity index (χ0v) is 9.78. The van der Waals surface area contributed by atoms with Crippen molar-refractivity contribution in [1.29, 1.82) is 0 Å². The summed E-state index contributed by atoms with van der Waals surface area (Å²) in [5, 5.41) is 11.8. The normalized spacial score (nSPS) is 24.7. The molecule has 1 heterocycles. The number of carboxylic acids is 1. The lowest BCUT2D eigenvalue weighted by atomic mass is 9.87. The Hall–Kier alpha value is -1.10. The van der Waals surface area contributed by atoms with E-state index in [1.54, 1.807) is 0 Å². The molecule has 1 aliphatic rings. The van der Waals surface area contributed by atoms with Crippen molar-refractivity contribution in [3.05, 3.63) is 0 Å². The van der Waals surface area contributed by atoms with Crippen molar-refractivity contribution >= 4 is 11.9 Å². The van der Waals surface area contributed by atoms with Crippen LogP contribution in [0.5, 0.6) is 0 Å². The lowest BCUT2D eigenvalue weighted by Gasteiger charge is -2.22. The summed E-state index contributed by atoms with van der Waals surface area (Å²) in [5.41, 5.74) is -0.924. The fourth-order valence-electron chi connectivity index (χ4n) is 1.70. The second-order valence-electron chi connectivity index (χ2n) is 4.76. The largest absolute Gasteiger partial charge is 0.481 e. The van der Waals surface area contributed by atoms with Crippen LogP contribution in [-0.2, 0) is 14.3 Å². The average Bonchev–Trinajstić information content (AvgIpc) is 2.63. The van der Waals surface area contributed by atoms with E-state index in [2.05, 4.69) is 5.32 Å². The van der Waals surface area contributed by atoms with E-state index >= 15 is 0 Å².